The Morgan fingerprint density at radius 1 is 1.67 bits per heavy atom. The van der Waals surface area contributed by atoms with E-state index in [-0.39, 0.29) is 11.8 Å². The molecule has 0 bridgehead atoms. The van der Waals surface area contributed by atoms with Crippen molar-refractivity contribution in [1.82, 2.24) is 4.90 Å². The van der Waals surface area contributed by atoms with Crippen molar-refractivity contribution in [3.8, 4) is 0 Å². The van der Waals surface area contributed by atoms with E-state index in [9.17, 15) is 9.59 Å². The van der Waals surface area contributed by atoms with Crippen molar-refractivity contribution >= 4 is 12.2 Å². The first-order valence-corrected chi connectivity index (χ1v) is 2.77. The molecule has 3 heteroatoms. The fourth-order valence-electron chi connectivity index (χ4n) is 0.378. The minimum absolute atomic E-state index is 0.00426. The van der Waals surface area contributed by atoms with Crippen molar-refractivity contribution in [3.63, 3.8) is 0 Å². The van der Waals surface area contributed by atoms with Crippen molar-refractivity contribution in [2.24, 2.45) is 0 Å². The van der Waals surface area contributed by atoms with Crippen LogP contribution < -0.4 is 0 Å². The highest BCUT2D eigenvalue weighted by molar-refractivity contribution is 5.82. The predicted octanol–water partition coefficient (Wildman–Crippen LogP) is 0.0521. The molecule has 52 valence electrons. The van der Waals surface area contributed by atoms with E-state index in [0.717, 1.165) is 0 Å². The minimum Gasteiger partial charge on any atom is -0.339 e. The van der Waals surface area contributed by atoms with E-state index in [1.807, 2.05) is 0 Å². The van der Waals surface area contributed by atoms with Gasteiger partial charge in [-0.2, -0.15) is 0 Å². The Balaban J connectivity index is 3.86. The molecule has 0 radical (unpaired) electrons. The van der Waals surface area contributed by atoms with Gasteiger partial charge in [0, 0.05) is 7.05 Å². The van der Waals surface area contributed by atoms with Crippen molar-refractivity contribution in [2.45, 2.75) is 19.9 Å². The van der Waals surface area contributed by atoms with Gasteiger partial charge < -0.3 is 4.90 Å². The molecule has 0 aliphatic carbocycles. The second-order valence-corrected chi connectivity index (χ2v) is 2.06. The lowest BCUT2D eigenvalue weighted by atomic mass is 10.2. The fourth-order valence-corrected chi connectivity index (χ4v) is 0.378. The van der Waals surface area contributed by atoms with Crippen molar-refractivity contribution in [2.75, 3.05) is 7.05 Å². The summed E-state index contributed by atoms with van der Waals surface area (Å²) in [5.74, 6) is 0.00426. The van der Waals surface area contributed by atoms with Crippen LogP contribution in [-0.4, -0.2) is 30.2 Å². The molecule has 0 fully saturated rings. The molecule has 0 spiro atoms. The summed E-state index contributed by atoms with van der Waals surface area (Å²) < 4.78 is 0. The van der Waals surface area contributed by atoms with Gasteiger partial charge in [0.1, 0.15) is 0 Å². The topological polar surface area (TPSA) is 37.4 Å². The van der Waals surface area contributed by atoms with Crippen LogP contribution in [0.3, 0.4) is 0 Å². The number of amides is 1. The van der Waals surface area contributed by atoms with Gasteiger partial charge in [0.15, 0.2) is 5.78 Å². The lowest BCUT2D eigenvalue weighted by Crippen LogP contribution is -2.33. The third-order valence-corrected chi connectivity index (χ3v) is 1.37. The van der Waals surface area contributed by atoms with Crippen LogP contribution in [0.25, 0.3) is 0 Å². The molecule has 0 aliphatic rings. The van der Waals surface area contributed by atoms with Gasteiger partial charge in [-0.1, -0.05) is 0 Å². The van der Waals surface area contributed by atoms with E-state index in [1.54, 1.807) is 14.0 Å². The molecule has 0 N–H and O–H groups in total. The molecule has 0 rings (SSSR count). The Morgan fingerprint density at radius 3 is 2.22 bits per heavy atom. The number of hydrogen-bond donors (Lipinski definition) is 0. The quantitative estimate of drug-likeness (QED) is 0.505. The van der Waals surface area contributed by atoms with Crippen LogP contribution in [0.1, 0.15) is 13.8 Å². The molecule has 0 aromatic heterocycles. The van der Waals surface area contributed by atoms with Crippen LogP contribution in [0.4, 0.5) is 0 Å². The van der Waals surface area contributed by atoms with Crippen molar-refractivity contribution in [3.05, 3.63) is 0 Å². The SMILES string of the molecule is CC(=O)C(C)N(C)C=O. The van der Waals surface area contributed by atoms with Gasteiger partial charge in [-0.25, -0.2) is 0 Å². The zero-order valence-electron chi connectivity index (χ0n) is 5.92. The largest absolute Gasteiger partial charge is 0.339 e. The molecule has 0 aliphatic heterocycles. The van der Waals surface area contributed by atoms with Crippen LogP contribution in [0, 0.1) is 0 Å². The number of Topliss-reactive ketones (excluding diaryl/α,β-unsaturated/α-hetero) is 1. The summed E-state index contributed by atoms with van der Waals surface area (Å²) in [7, 11) is 1.58. The molecule has 0 aromatic carbocycles. The number of rotatable bonds is 3. The number of carbonyl (C=O) groups excluding carboxylic acids is 2. The highest BCUT2D eigenvalue weighted by Crippen LogP contribution is 1.91. The molecule has 3 nitrogen and oxygen atoms in total. The van der Waals surface area contributed by atoms with E-state index in [4.69, 9.17) is 0 Å². The summed E-state index contributed by atoms with van der Waals surface area (Å²) in [6.45, 7) is 3.15. The maximum Gasteiger partial charge on any atom is 0.210 e. The highest BCUT2D eigenvalue weighted by Gasteiger charge is 2.10. The third kappa shape index (κ3) is 2.26. The molecule has 0 saturated carbocycles. The van der Waals surface area contributed by atoms with E-state index in [0.29, 0.717) is 6.41 Å². The van der Waals surface area contributed by atoms with Crippen LogP contribution >= 0.6 is 0 Å². The molecule has 0 aromatic rings. The smallest absolute Gasteiger partial charge is 0.210 e. The molecule has 0 saturated heterocycles. The minimum atomic E-state index is -0.289. The maximum absolute atomic E-state index is 10.5. The first kappa shape index (κ1) is 8.14. The molecule has 1 amide bonds. The second-order valence-electron chi connectivity index (χ2n) is 2.06. The predicted molar refractivity (Wildman–Crippen MR) is 34.0 cm³/mol. The standard InChI is InChI=1S/C6H11NO2/c1-5(6(2)9)7(3)4-8/h4-5H,1-3H3. The van der Waals surface area contributed by atoms with E-state index in [1.165, 1.54) is 11.8 Å². The summed E-state index contributed by atoms with van der Waals surface area (Å²) in [6.07, 6.45) is 0.645. The Bertz CT molecular complexity index is 122. The van der Waals surface area contributed by atoms with E-state index >= 15 is 0 Å². The number of ketones is 1. The lowest BCUT2D eigenvalue weighted by Gasteiger charge is -2.16. The second kappa shape index (κ2) is 3.22. The van der Waals surface area contributed by atoms with E-state index in [2.05, 4.69) is 0 Å². The van der Waals surface area contributed by atoms with Crippen LogP contribution in [0.15, 0.2) is 0 Å². The third-order valence-electron chi connectivity index (χ3n) is 1.37. The van der Waals surface area contributed by atoms with Crippen LogP contribution in [0.2, 0.25) is 0 Å². The van der Waals surface area contributed by atoms with Gasteiger partial charge in [-0.3, -0.25) is 9.59 Å². The summed E-state index contributed by atoms with van der Waals surface area (Å²) in [6, 6.07) is -0.289. The summed E-state index contributed by atoms with van der Waals surface area (Å²) in [4.78, 5) is 21.9. The van der Waals surface area contributed by atoms with Crippen molar-refractivity contribution in [1.29, 1.82) is 0 Å². The van der Waals surface area contributed by atoms with Crippen molar-refractivity contribution < 1.29 is 9.59 Å². The summed E-state index contributed by atoms with van der Waals surface area (Å²) in [5, 5.41) is 0. The first-order chi connectivity index (χ1) is 4.09. The monoisotopic (exact) mass is 129 g/mol. The normalized spacial score (nSPS) is 12.3. The lowest BCUT2D eigenvalue weighted by molar-refractivity contribution is -0.128. The zero-order valence-corrected chi connectivity index (χ0v) is 5.92. The summed E-state index contributed by atoms with van der Waals surface area (Å²) in [5.41, 5.74) is 0. The Kier molecular flexibility index (Phi) is 2.91. The number of hydrogen-bond acceptors (Lipinski definition) is 2. The van der Waals surface area contributed by atoms with Crippen LogP contribution in [-0.2, 0) is 9.59 Å². The molecular weight excluding hydrogens is 118 g/mol. The van der Waals surface area contributed by atoms with Gasteiger partial charge >= 0.3 is 0 Å². The Morgan fingerprint density at radius 2 is 2.11 bits per heavy atom. The molecule has 1 unspecified atom stereocenters. The van der Waals surface area contributed by atoms with E-state index < -0.39 is 0 Å². The van der Waals surface area contributed by atoms with Gasteiger partial charge in [-0.15, -0.1) is 0 Å². The van der Waals surface area contributed by atoms with Gasteiger partial charge in [-0.05, 0) is 13.8 Å². The molecule has 9 heavy (non-hydrogen) atoms. The Hall–Kier alpha value is -0.860. The van der Waals surface area contributed by atoms with Gasteiger partial charge in [0.2, 0.25) is 6.41 Å². The first-order valence-electron chi connectivity index (χ1n) is 2.77. The number of nitrogens with zero attached hydrogens (tertiary/aromatic N) is 1. The number of likely N-dealkylation sites (N-methyl/N-ethyl adjacent to an activating group) is 1. The fraction of sp³-hybridized carbons (Fsp3) is 0.667. The molecule has 0 heterocycles. The van der Waals surface area contributed by atoms with Gasteiger partial charge in [0.05, 0.1) is 6.04 Å². The zero-order chi connectivity index (χ0) is 7.44. The summed E-state index contributed by atoms with van der Waals surface area (Å²) >= 11 is 0. The van der Waals surface area contributed by atoms with Crippen LogP contribution in [0.5, 0.6) is 0 Å². The molecular formula is C6H11NO2. The maximum atomic E-state index is 10.5. The Labute approximate surface area is 54.6 Å². The average Bonchev–Trinajstić information content (AvgIpc) is 1.84. The molecule has 1 atom stereocenters. The highest BCUT2D eigenvalue weighted by atomic mass is 16.1. The average molecular weight is 129 g/mol. The number of carbonyl (C=O) groups is 2. The van der Waals surface area contributed by atoms with Gasteiger partial charge in [0.25, 0.3) is 0 Å².